The molecule has 1 unspecified atom stereocenters. The van der Waals surface area contributed by atoms with Crippen LogP contribution in [-0.4, -0.2) is 48.6 Å². The molecule has 1 fully saturated rings. The summed E-state index contributed by atoms with van der Waals surface area (Å²) >= 11 is 0. The lowest BCUT2D eigenvalue weighted by Crippen LogP contribution is -2.44. The van der Waals surface area contributed by atoms with Gasteiger partial charge in [0, 0.05) is 19.6 Å². The average molecular weight is 302 g/mol. The number of H-pyrrole nitrogens is 1. The van der Waals surface area contributed by atoms with Gasteiger partial charge in [0.15, 0.2) is 0 Å². The van der Waals surface area contributed by atoms with Crippen molar-refractivity contribution in [2.75, 3.05) is 25.4 Å². The zero-order valence-electron chi connectivity index (χ0n) is 10.9. The number of nitrogens with one attached hydrogen (secondary N) is 2. The van der Waals surface area contributed by atoms with Gasteiger partial charge in [-0.1, -0.05) is 0 Å². The lowest BCUT2D eigenvalue weighted by atomic mass is 10.00. The van der Waals surface area contributed by atoms with Crippen LogP contribution in [0.15, 0.2) is 11.1 Å². The van der Waals surface area contributed by atoms with Crippen LogP contribution in [0, 0.1) is 5.92 Å². The van der Waals surface area contributed by atoms with Crippen LogP contribution in [0.4, 0.5) is 10.6 Å². The fourth-order valence-electron chi connectivity index (χ4n) is 2.29. The topological polar surface area (TPSA) is 147 Å². The zero-order chi connectivity index (χ0) is 14.8. The van der Waals surface area contributed by atoms with E-state index in [1.165, 1.54) is 10.5 Å². The maximum Gasteiger partial charge on any atom is 0.312 e. The lowest BCUT2D eigenvalue weighted by molar-refractivity contribution is 0.236. The molecule has 112 valence electrons. The molecule has 9 nitrogen and oxygen atoms in total. The number of nitrogen functional groups attached to an aromatic ring is 1. The molecule has 1 aliphatic heterocycles. The number of rotatable bonds is 4. The highest BCUT2D eigenvalue weighted by Gasteiger charge is 2.32. The Hall–Kier alpha value is -1.81. The van der Waals surface area contributed by atoms with Crippen LogP contribution >= 0.6 is 0 Å². The SMILES string of the molecule is NC(=O)NCC1CCCN(S(=O)(=O)c2cn[nH]c2N)C1. The molecule has 10 heteroatoms. The first-order chi connectivity index (χ1) is 9.41. The van der Waals surface area contributed by atoms with E-state index in [0.29, 0.717) is 19.6 Å². The fraction of sp³-hybridized carbons (Fsp3) is 0.600. The number of primary amides is 1. The van der Waals surface area contributed by atoms with Crippen LogP contribution in [0.3, 0.4) is 0 Å². The van der Waals surface area contributed by atoms with Gasteiger partial charge in [-0.2, -0.15) is 9.40 Å². The maximum absolute atomic E-state index is 12.4. The predicted octanol–water partition coefficient (Wildman–Crippen LogP) is -0.939. The van der Waals surface area contributed by atoms with Gasteiger partial charge in [-0.05, 0) is 18.8 Å². The summed E-state index contributed by atoms with van der Waals surface area (Å²) < 4.78 is 26.2. The minimum Gasteiger partial charge on any atom is -0.383 e. The maximum atomic E-state index is 12.4. The van der Waals surface area contributed by atoms with E-state index in [1.54, 1.807) is 0 Å². The predicted molar refractivity (Wildman–Crippen MR) is 72.1 cm³/mol. The molecule has 0 radical (unpaired) electrons. The molecule has 1 atom stereocenters. The van der Waals surface area contributed by atoms with E-state index < -0.39 is 16.1 Å². The Morgan fingerprint density at radius 2 is 2.35 bits per heavy atom. The number of urea groups is 1. The highest BCUT2D eigenvalue weighted by atomic mass is 32.2. The van der Waals surface area contributed by atoms with Crippen LogP contribution in [0.5, 0.6) is 0 Å². The van der Waals surface area contributed by atoms with Crippen LogP contribution < -0.4 is 16.8 Å². The van der Waals surface area contributed by atoms with Crippen molar-refractivity contribution in [3.63, 3.8) is 0 Å². The first-order valence-electron chi connectivity index (χ1n) is 6.23. The Kier molecular flexibility index (Phi) is 4.14. The van der Waals surface area contributed by atoms with E-state index in [4.69, 9.17) is 11.5 Å². The van der Waals surface area contributed by atoms with Gasteiger partial charge in [0.25, 0.3) is 0 Å². The van der Waals surface area contributed by atoms with Crippen molar-refractivity contribution >= 4 is 21.9 Å². The van der Waals surface area contributed by atoms with Crippen LogP contribution in [-0.2, 0) is 10.0 Å². The van der Waals surface area contributed by atoms with Gasteiger partial charge in [-0.25, -0.2) is 13.2 Å². The average Bonchev–Trinajstić information content (AvgIpc) is 2.84. The molecule has 1 aromatic rings. The number of carbonyl (C=O) groups is 1. The van der Waals surface area contributed by atoms with Crippen LogP contribution in [0.2, 0.25) is 0 Å². The molecular formula is C10H18N6O3S. The van der Waals surface area contributed by atoms with E-state index in [-0.39, 0.29) is 16.6 Å². The Labute approximate surface area is 116 Å². The molecule has 1 aromatic heterocycles. The number of nitrogens with zero attached hydrogens (tertiary/aromatic N) is 2. The molecule has 2 rings (SSSR count). The zero-order valence-corrected chi connectivity index (χ0v) is 11.7. The molecule has 0 saturated carbocycles. The summed E-state index contributed by atoms with van der Waals surface area (Å²) in [5.41, 5.74) is 10.6. The lowest BCUT2D eigenvalue weighted by Gasteiger charge is -2.31. The van der Waals surface area contributed by atoms with Crippen molar-refractivity contribution < 1.29 is 13.2 Å². The number of sulfonamides is 1. The standard InChI is InChI=1S/C10H18N6O3S/c11-9-8(5-14-15-9)20(18,19)16-3-1-2-7(6-16)4-13-10(12)17/h5,7H,1-4,6H2,(H3,11,14,15)(H3,12,13,17). The normalized spacial score (nSPS) is 20.7. The Balaban J connectivity index is 2.09. The van der Waals surface area contributed by atoms with Gasteiger partial charge in [0.2, 0.25) is 10.0 Å². The smallest absolute Gasteiger partial charge is 0.312 e. The van der Waals surface area contributed by atoms with Gasteiger partial charge < -0.3 is 16.8 Å². The van der Waals surface area contributed by atoms with Gasteiger partial charge in [-0.3, -0.25) is 5.10 Å². The van der Waals surface area contributed by atoms with Gasteiger partial charge in [-0.15, -0.1) is 0 Å². The summed E-state index contributed by atoms with van der Waals surface area (Å²) in [4.78, 5) is 10.7. The number of piperidine rings is 1. The van der Waals surface area contributed by atoms with E-state index in [9.17, 15) is 13.2 Å². The van der Waals surface area contributed by atoms with Crippen LogP contribution in [0.25, 0.3) is 0 Å². The number of aromatic nitrogens is 2. The Bertz CT molecular complexity index is 584. The first-order valence-corrected chi connectivity index (χ1v) is 7.67. The van der Waals surface area contributed by atoms with Crippen LogP contribution in [0.1, 0.15) is 12.8 Å². The Morgan fingerprint density at radius 1 is 1.60 bits per heavy atom. The molecule has 2 amide bonds. The number of carbonyl (C=O) groups excluding carboxylic acids is 1. The molecule has 20 heavy (non-hydrogen) atoms. The molecule has 1 aliphatic rings. The molecular weight excluding hydrogens is 284 g/mol. The van der Waals surface area contributed by atoms with E-state index in [0.717, 1.165) is 12.8 Å². The largest absolute Gasteiger partial charge is 0.383 e. The van der Waals surface area contributed by atoms with Crippen molar-refractivity contribution in [2.45, 2.75) is 17.7 Å². The van der Waals surface area contributed by atoms with Gasteiger partial charge in [0.05, 0.1) is 6.20 Å². The number of hydrogen-bond donors (Lipinski definition) is 4. The number of anilines is 1. The summed E-state index contributed by atoms with van der Waals surface area (Å²) in [5, 5.41) is 8.55. The van der Waals surface area contributed by atoms with Gasteiger partial charge in [0.1, 0.15) is 10.7 Å². The Morgan fingerprint density at radius 3 is 2.95 bits per heavy atom. The van der Waals surface area contributed by atoms with E-state index in [2.05, 4.69) is 15.5 Å². The molecule has 2 heterocycles. The minimum absolute atomic E-state index is 0.0130. The highest BCUT2D eigenvalue weighted by molar-refractivity contribution is 7.89. The van der Waals surface area contributed by atoms with Crippen molar-refractivity contribution in [3.05, 3.63) is 6.20 Å². The fourth-order valence-corrected chi connectivity index (χ4v) is 3.85. The number of hydrogen-bond acceptors (Lipinski definition) is 5. The van der Waals surface area contributed by atoms with Crippen molar-refractivity contribution in [3.8, 4) is 0 Å². The quantitative estimate of drug-likeness (QED) is 0.566. The summed E-state index contributed by atoms with van der Waals surface area (Å²) in [6.07, 6.45) is 2.77. The summed E-state index contributed by atoms with van der Waals surface area (Å²) in [5.74, 6) is 0.0709. The molecule has 0 bridgehead atoms. The second kappa shape index (κ2) is 5.67. The molecule has 0 aromatic carbocycles. The van der Waals surface area contributed by atoms with E-state index in [1.807, 2.05) is 0 Å². The minimum atomic E-state index is -3.65. The third-order valence-corrected chi connectivity index (χ3v) is 5.19. The first kappa shape index (κ1) is 14.6. The number of amides is 2. The number of aromatic amines is 1. The highest BCUT2D eigenvalue weighted by Crippen LogP contribution is 2.25. The molecule has 1 saturated heterocycles. The molecule has 0 spiro atoms. The van der Waals surface area contributed by atoms with Crippen molar-refractivity contribution in [1.82, 2.24) is 19.8 Å². The second-order valence-corrected chi connectivity index (χ2v) is 6.67. The molecule has 0 aliphatic carbocycles. The van der Waals surface area contributed by atoms with Crippen molar-refractivity contribution in [1.29, 1.82) is 0 Å². The summed E-state index contributed by atoms with van der Waals surface area (Å²) in [6, 6.07) is -0.607. The number of nitrogens with two attached hydrogens (primary N) is 2. The summed E-state index contributed by atoms with van der Waals surface area (Å²) in [7, 11) is -3.65. The third kappa shape index (κ3) is 3.02. The summed E-state index contributed by atoms with van der Waals surface area (Å²) in [6.45, 7) is 1.12. The molecule has 6 N–H and O–H groups in total. The third-order valence-electron chi connectivity index (χ3n) is 3.30. The van der Waals surface area contributed by atoms with Crippen molar-refractivity contribution in [2.24, 2.45) is 11.7 Å². The van der Waals surface area contributed by atoms with E-state index >= 15 is 0 Å². The second-order valence-electron chi connectivity index (χ2n) is 4.76. The van der Waals surface area contributed by atoms with Gasteiger partial charge >= 0.3 is 6.03 Å². The monoisotopic (exact) mass is 302 g/mol.